The topological polar surface area (TPSA) is 49.4 Å². The van der Waals surface area contributed by atoms with Gasteiger partial charge in [0.25, 0.3) is 11.8 Å². The standard InChI is InChI=1S/C15H10N2O2S3/c18-13(11-7-4-8-21-11)16-17-14(19)12(22-15(17)20)9-10-5-2-1-3-6-10/h1-9H,(H,16,18)/b12-9+. The summed E-state index contributed by atoms with van der Waals surface area (Å²) in [5, 5.41) is 2.92. The van der Waals surface area contributed by atoms with Gasteiger partial charge in [-0.05, 0) is 35.3 Å². The van der Waals surface area contributed by atoms with E-state index in [-0.39, 0.29) is 11.8 Å². The first-order chi connectivity index (χ1) is 10.6. The first-order valence-corrected chi connectivity index (χ1v) is 8.43. The second kappa shape index (κ2) is 6.43. The van der Waals surface area contributed by atoms with Gasteiger partial charge in [-0.2, -0.15) is 5.01 Å². The SMILES string of the molecule is O=C(NN1C(=O)/C(=C\c2ccccc2)SC1=S)c1cccs1. The molecule has 0 radical (unpaired) electrons. The van der Waals surface area contributed by atoms with Crippen LogP contribution in [0.25, 0.3) is 6.08 Å². The lowest BCUT2D eigenvalue weighted by molar-refractivity contribution is -0.123. The molecule has 1 saturated heterocycles. The highest BCUT2D eigenvalue weighted by molar-refractivity contribution is 8.26. The van der Waals surface area contributed by atoms with E-state index in [0.717, 1.165) is 10.6 Å². The van der Waals surface area contributed by atoms with Crippen LogP contribution in [-0.2, 0) is 4.79 Å². The maximum absolute atomic E-state index is 12.4. The number of carbonyl (C=O) groups is 2. The Balaban J connectivity index is 1.77. The number of hydrazine groups is 1. The molecule has 7 heteroatoms. The Morgan fingerprint density at radius 3 is 2.64 bits per heavy atom. The van der Waals surface area contributed by atoms with Crippen molar-refractivity contribution in [3.63, 3.8) is 0 Å². The zero-order chi connectivity index (χ0) is 15.5. The lowest BCUT2D eigenvalue weighted by atomic mass is 10.2. The summed E-state index contributed by atoms with van der Waals surface area (Å²) in [4.78, 5) is 25.4. The number of thiocarbonyl (C=S) groups is 1. The van der Waals surface area contributed by atoms with Crippen molar-refractivity contribution >= 4 is 57.5 Å². The van der Waals surface area contributed by atoms with Crippen LogP contribution in [-0.4, -0.2) is 21.1 Å². The van der Waals surface area contributed by atoms with E-state index >= 15 is 0 Å². The second-order valence-electron chi connectivity index (χ2n) is 4.35. The molecule has 1 aromatic heterocycles. The Labute approximate surface area is 140 Å². The number of hydrogen-bond acceptors (Lipinski definition) is 5. The van der Waals surface area contributed by atoms with Crippen molar-refractivity contribution in [1.29, 1.82) is 0 Å². The summed E-state index contributed by atoms with van der Waals surface area (Å²) in [5.74, 6) is -0.656. The molecule has 2 aromatic rings. The molecule has 2 heterocycles. The van der Waals surface area contributed by atoms with Gasteiger partial charge in [0.1, 0.15) is 0 Å². The molecule has 1 aromatic carbocycles. The third kappa shape index (κ3) is 3.11. The van der Waals surface area contributed by atoms with E-state index in [2.05, 4.69) is 5.43 Å². The summed E-state index contributed by atoms with van der Waals surface area (Å²) in [6.45, 7) is 0. The minimum absolute atomic E-state index is 0.316. The van der Waals surface area contributed by atoms with Gasteiger partial charge in [0.05, 0.1) is 9.78 Å². The molecule has 110 valence electrons. The number of nitrogens with zero attached hydrogens (tertiary/aromatic N) is 1. The quantitative estimate of drug-likeness (QED) is 0.684. The second-order valence-corrected chi connectivity index (χ2v) is 6.97. The van der Waals surface area contributed by atoms with Crippen LogP contribution in [0, 0.1) is 0 Å². The van der Waals surface area contributed by atoms with Crippen molar-refractivity contribution in [2.45, 2.75) is 0 Å². The fraction of sp³-hybridized carbons (Fsp3) is 0. The smallest absolute Gasteiger partial charge is 0.266 e. The molecule has 4 nitrogen and oxygen atoms in total. The van der Waals surface area contributed by atoms with Crippen molar-refractivity contribution < 1.29 is 9.59 Å². The molecule has 0 saturated carbocycles. The fourth-order valence-corrected chi connectivity index (χ4v) is 3.62. The number of thioether (sulfide) groups is 1. The average Bonchev–Trinajstić information content (AvgIpc) is 3.13. The summed E-state index contributed by atoms with van der Waals surface area (Å²) in [6, 6.07) is 13.0. The molecule has 1 fully saturated rings. The Kier molecular flexibility index (Phi) is 4.37. The molecule has 0 unspecified atom stereocenters. The number of amides is 2. The molecule has 22 heavy (non-hydrogen) atoms. The van der Waals surface area contributed by atoms with Gasteiger partial charge in [0.15, 0.2) is 4.32 Å². The van der Waals surface area contributed by atoms with Crippen LogP contribution >= 0.6 is 35.3 Å². The van der Waals surface area contributed by atoms with Gasteiger partial charge in [-0.3, -0.25) is 15.0 Å². The summed E-state index contributed by atoms with van der Waals surface area (Å²) in [7, 11) is 0. The van der Waals surface area contributed by atoms with E-state index in [0.29, 0.717) is 14.1 Å². The van der Waals surface area contributed by atoms with Crippen molar-refractivity contribution in [1.82, 2.24) is 10.4 Å². The Bertz CT molecular complexity index is 754. The minimum atomic E-state index is -0.340. The Hall–Kier alpha value is -1.96. The van der Waals surface area contributed by atoms with Crippen molar-refractivity contribution in [3.05, 3.63) is 63.2 Å². The largest absolute Gasteiger partial charge is 0.285 e. The van der Waals surface area contributed by atoms with Crippen LogP contribution in [0.15, 0.2) is 52.7 Å². The van der Waals surface area contributed by atoms with Gasteiger partial charge in [-0.25, -0.2) is 0 Å². The van der Waals surface area contributed by atoms with Gasteiger partial charge in [-0.15, -0.1) is 11.3 Å². The van der Waals surface area contributed by atoms with Crippen molar-refractivity contribution in [3.8, 4) is 0 Å². The van der Waals surface area contributed by atoms with Crippen LogP contribution in [0.5, 0.6) is 0 Å². The molecule has 0 spiro atoms. The van der Waals surface area contributed by atoms with Crippen LogP contribution in [0.3, 0.4) is 0 Å². The minimum Gasteiger partial charge on any atom is -0.266 e. The maximum atomic E-state index is 12.4. The summed E-state index contributed by atoms with van der Waals surface area (Å²) < 4.78 is 0.317. The van der Waals surface area contributed by atoms with E-state index in [1.165, 1.54) is 23.1 Å². The highest BCUT2D eigenvalue weighted by Gasteiger charge is 2.33. The first kappa shape index (κ1) is 15.0. The molecule has 1 aliphatic heterocycles. The molecule has 0 bridgehead atoms. The Morgan fingerprint density at radius 1 is 1.18 bits per heavy atom. The zero-order valence-electron chi connectivity index (χ0n) is 11.2. The molecular formula is C15H10N2O2S3. The molecule has 2 amide bonds. The number of hydrogen-bond donors (Lipinski definition) is 1. The van der Waals surface area contributed by atoms with Crippen LogP contribution in [0.2, 0.25) is 0 Å². The van der Waals surface area contributed by atoms with E-state index in [1.54, 1.807) is 23.6 Å². The monoisotopic (exact) mass is 346 g/mol. The summed E-state index contributed by atoms with van der Waals surface area (Å²) in [5.41, 5.74) is 3.46. The van der Waals surface area contributed by atoms with Gasteiger partial charge in [0, 0.05) is 0 Å². The lowest BCUT2D eigenvalue weighted by Crippen LogP contribution is -2.44. The van der Waals surface area contributed by atoms with Crippen LogP contribution in [0.4, 0.5) is 0 Å². The highest BCUT2D eigenvalue weighted by Crippen LogP contribution is 2.31. The number of nitrogens with one attached hydrogen (secondary N) is 1. The molecular weight excluding hydrogens is 336 g/mol. The molecule has 1 aliphatic rings. The molecule has 0 aliphatic carbocycles. The van der Waals surface area contributed by atoms with Crippen LogP contribution in [0.1, 0.15) is 15.2 Å². The maximum Gasteiger partial charge on any atom is 0.285 e. The lowest BCUT2D eigenvalue weighted by Gasteiger charge is -2.14. The van der Waals surface area contributed by atoms with E-state index < -0.39 is 0 Å². The Morgan fingerprint density at radius 2 is 1.95 bits per heavy atom. The number of carbonyl (C=O) groups excluding carboxylic acids is 2. The van der Waals surface area contributed by atoms with E-state index in [9.17, 15) is 9.59 Å². The third-order valence-electron chi connectivity index (χ3n) is 2.85. The van der Waals surface area contributed by atoms with Gasteiger partial charge in [-0.1, -0.05) is 48.2 Å². The van der Waals surface area contributed by atoms with Gasteiger partial charge < -0.3 is 0 Å². The highest BCUT2D eigenvalue weighted by atomic mass is 32.2. The molecule has 1 N–H and O–H groups in total. The number of rotatable bonds is 3. The average molecular weight is 346 g/mol. The fourth-order valence-electron chi connectivity index (χ4n) is 1.83. The van der Waals surface area contributed by atoms with Crippen molar-refractivity contribution in [2.75, 3.05) is 0 Å². The predicted octanol–water partition coefficient (Wildman–Crippen LogP) is 3.29. The van der Waals surface area contributed by atoms with Crippen molar-refractivity contribution in [2.24, 2.45) is 0 Å². The third-order valence-corrected chi connectivity index (χ3v) is 5.02. The molecule has 0 atom stereocenters. The molecule has 3 rings (SSSR count). The number of benzene rings is 1. The first-order valence-electron chi connectivity index (χ1n) is 6.32. The zero-order valence-corrected chi connectivity index (χ0v) is 13.6. The predicted molar refractivity (Wildman–Crippen MR) is 93.2 cm³/mol. The van der Waals surface area contributed by atoms with E-state index in [4.69, 9.17) is 12.2 Å². The normalized spacial score (nSPS) is 16.4. The summed E-state index contributed by atoms with van der Waals surface area (Å²) >= 11 is 7.65. The van der Waals surface area contributed by atoms with E-state index in [1.807, 2.05) is 30.3 Å². The van der Waals surface area contributed by atoms with Gasteiger partial charge >= 0.3 is 0 Å². The van der Waals surface area contributed by atoms with Crippen LogP contribution < -0.4 is 5.43 Å². The summed E-state index contributed by atoms with van der Waals surface area (Å²) in [6.07, 6.45) is 1.76. The number of thiophene rings is 1. The van der Waals surface area contributed by atoms with Gasteiger partial charge in [0.2, 0.25) is 0 Å².